The van der Waals surface area contributed by atoms with E-state index in [1.807, 2.05) is 30.3 Å². The standard InChI is InChI=1S/C29H31ClN6O4/c30-21-3-1-19(2-4-21)15-25-31-11-7-27(34-25)40-22-8-12-35(13-9-22)17-26-32-23-5-6-24(29(37)38)33-28(23)36(26)16-20-10-14-39-18-20/h1-7,11,20,22H,8-10,12-18H2,(H,37,38)/t20-/m1/s1. The van der Waals surface area contributed by atoms with E-state index in [9.17, 15) is 9.90 Å². The highest BCUT2D eigenvalue weighted by atomic mass is 35.5. The molecule has 2 saturated heterocycles. The maximum atomic E-state index is 11.6. The fourth-order valence-electron chi connectivity index (χ4n) is 5.34. The zero-order valence-electron chi connectivity index (χ0n) is 22.1. The average Bonchev–Trinajstić information content (AvgIpc) is 3.59. The fourth-order valence-corrected chi connectivity index (χ4v) is 5.46. The Kier molecular flexibility index (Phi) is 7.90. The lowest BCUT2D eigenvalue weighted by Crippen LogP contribution is -2.38. The Balaban J connectivity index is 1.10. The van der Waals surface area contributed by atoms with Crippen LogP contribution in [0.2, 0.25) is 5.02 Å². The Labute approximate surface area is 237 Å². The van der Waals surface area contributed by atoms with E-state index in [0.29, 0.717) is 54.4 Å². The molecular formula is C29H31ClN6O4. The van der Waals surface area contributed by atoms with Gasteiger partial charge in [-0.15, -0.1) is 0 Å². The van der Waals surface area contributed by atoms with Gasteiger partial charge >= 0.3 is 5.97 Å². The molecular weight excluding hydrogens is 532 g/mol. The van der Waals surface area contributed by atoms with Crippen molar-refractivity contribution in [1.29, 1.82) is 0 Å². The highest BCUT2D eigenvalue weighted by molar-refractivity contribution is 6.30. The van der Waals surface area contributed by atoms with Crippen LogP contribution in [0, 0.1) is 5.92 Å². The summed E-state index contributed by atoms with van der Waals surface area (Å²) in [6.07, 6.45) is 5.15. The van der Waals surface area contributed by atoms with Crippen LogP contribution in [0.1, 0.15) is 47.0 Å². The van der Waals surface area contributed by atoms with Gasteiger partial charge in [0, 0.05) is 55.9 Å². The molecule has 6 rings (SSSR count). The largest absolute Gasteiger partial charge is 0.477 e. The van der Waals surface area contributed by atoms with Crippen molar-refractivity contribution >= 4 is 28.7 Å². The van der Waals surface area contributed by atoms with Gasteiger partial charge in [-0.1, -0.05) is 23.7 Å². The van der Waals surface area contributed by atoms with E-state index >= 15 is 0 Å². The molecule has 0 unspecified atom stereocenters. The zero-order valence-corrected chi connectivity index (χ0v) is 22.8. The number of rotatable bonds is 9. The van der Waals surface area contributed by atoms with Crippen LogP contribution < -0.4 is 4.74 Å². The topological polar surface area (TPSA) is 115 Å². The van der Waals surface area contributed by atoms with Crippen LogP contribution in [0.4, 0.5) is 0 Å². The summed E-state index contributed by atoms with van der Waals surface area (Å²) in [6.45, 7) is 4.55. The average molecular weight is 563 g/mol. The summed E-state index contributed by atoms with van der Waals surface area (Å²) in [5.41, 5.74) is 2.46. The molecule has 10 nitrogen and oxygen atoms in total. The Morgan fingerprint density at radius 2 is 1.88 bits per heavy atom. The Bertz CT molecular complexity index is 1480. The van der Waals surface area contributed by atoms with Gasteiger partial charge in [-0.05, 0) is 49.1 Å². The molecule has 1 N–H and O–H groups in total. The minimum atomic E-state index is -1.04. The molecule has 2 fully saturated rings. The first-order valence-corrected chi connectivity index (χ1v) is 14.0. The number of likely N-dealkylation sites (tertiary alicyclic amines) is 1. The SMILES string of the molecule is O=C(O)c1ccc2nc(CN3CCC(Oc4ccnc(Cc5ccc(Cl)cc5)n4)CC3)n(C[C@H]3CCOC3)c2n1. The van der Waals surface area contributed by atoms with E-state index in [0.717, 1.165) is 55.9 Å². The van der Waals surface area contributed by atoms with Crippen molar-refractivity contribution in [3.05, 3.63) is 76.6 Å². The molecule has 208 valence electrons. The van der Waals surface area contributed by atoms with Crippen LogP contribution in [0.15, 0.2) is 48.7 Å². The van der Waals surface area contributed by atoms with E-state index in [4.69, 9.17) is 26.1 Å². The van der Waals surface area contributed by atoms with Crippen LogP contribution in [0.5, 0.6) is 5.88 Å². The number of carbonyl (C=O) groups is 1. The first-order chi connectivity index (χ1) is 19.5. The molecule has 0 aliphatic carbocycles. The lowest BCUT2D eigenvalue weighted by Gasteiger charge is -2.31. The predicted octanol–water partition coefficient (Wildman–Crippen LogP) is 4.24. The number of imidazole rings is 1. The second-order valence-electron chi connectivity index (χ2n) is 10.4. The van der Waals surface area contributed by atoms with Crippen molar-refractivity contribution in [1.82, 2.24) is 29.4 Å². The third-order valence-electron chi connectivity index (χ3n) is 7.50. The molecule has 1 aromatic carbocycles. The van der Waals surface area contributed by atoms with Crippen molar-refractivity contribution < 1.29 is 19.4 Å². The summed E-state index contributed by atoms with van der Waals surface area (Å²) in [6, 6.07) is 12.8. The molecule has 2 aliphatic heterocycles. The molecule has 0 amide bonds. The number of aromatic nitrogens is 5. The number of carboxylic acids is 1. The van der Waals surface area contributed by atoms with Gasteiger partial charge in [-0.25, -0.2) is 19.7 Å². The third kappa shape index (κ3) is 6.24. The number of carboxylic acid groups (broad SMARTS) is 1. The second-order valence-corrected chi connectivity index (χ2v) is 10.9. The summed E-state index contributed by atoms with van der Waals surface area (Å²) in [5, 5.41) is 10.2. The van der Waals surface area contributed by atoms with Crippen molar-refractivity contribution in [2.45, 2.75) is 44.9 Å². The number of hydrogen-bond donors (Lipinski definition) is 1. The number of pyridine rings is 1. The first-order valence-electron chi connectivity index (χ1n) is 13.6. The molecule has 0 bridgehead atoms. The Hall–Kier alpha value is -3.60. The highest BCUT2D eigenvalue weighted by Crippen LogP contribution is 2.24. The van der Waals surface area contributed by atoms with Crippen LogP contribution in [0.3, 0.4) is 0 Å². The third-order valence-corrected chi connectivity index (χ3v) is 7.75. The highest BCUT2D eigenvalue weighted by Gasteiger charge is 2.25. The smallest absolute Gasteiger partial charge is 0.354 e. The lowest BCUT2D eigenvalue weighted by atomic mass is 10.1. The Morgan fingerprint density at radius 1 is 1.05 bits per heavy atom. The van der Waals surface area contributed by atoms with E-state index in [2.05, 4.69) is 24.4 Å². The number of nitrogens with zero attached hydrogens (tertiary/aromatic N) is 6. The summed E-state index contributed by atoms with van der Waals surface area (Å²) in [7, 11) is 0. The molecule has 4 aromatic rings. The van der Waals surface area contributed by atoms with E-state index in [1.165, 1.54) is 6.07 Å². The fraction of sp³-hybridized carbons (Fsp3) is 0.414. The molecule has 0 saturated carbocycles. The van der Waals surface area contributed by atoms with Crippen molar-refractivity contribution in [2.75, 3.05) is 26.3 Å². The molecule has 0 spiro atoms. The normalized spacial score (nSPS) is 18.4. The van der Waals surface area contributed by atoms with Gasteiger partial charge in [-0.2, -0.15) is 4.98 Å². The van der Waals surface area contributed by atoms with E-state index < -0.39 is 5.97 Å². The van der Waals surface area contributed by atoms with Crippen LogP contribution >= 0.6 is 11.6 Å². The van der Waals surface area contributed by atoms with Crippen molar-refractivity contribution in [3.8, 4) is 5.88 Å². The number of ether oxygens (including phenoxy) is 2. The van der Waals surface area contributed by atoms with Gasteiger partial charge in [0.2, 0.25) is 5.88 Å². The summed E-state index contributed by atoms with van der Waals surface area (Å²) >= 11 is 5.99. The molecule has 5 heterocycles. The monoisotopic (exact) mass is 562 g/mol. The summed E-state index contributed by atoms with van der Waals surface area (Å²) in [5.74, 6) is 1.53. The van der Waals surface area contributed by atoms with Gasteiger partial charge < -0.3 is 19.1 Å². The zero-order chi connectivity index (χ0) is 27.5. The molecule has 11 heteroatoms. The molecule has 3 aromatic heterocycles. The van der Waals surface area contributed by atoms with Gasteiger partial charge in [0.1, 0.15) is 23.3 Å². The quantitative estimate of drug-likeness (QED) is 0.320. The minimum Gasteiger partial charge on any atom is -0.477 e. The number of benzene rings is 1. The van der Waals surface area contributed by atoms with Crippen LogP contribution in [-0.4, -0.2) is 72.9 Å². The maximum Gasteiger partial charge on any atom is 0.354 e. The van der Waals surface area contributed by atoms with Gasteiger partial charge in [-0.3, -0.25) is 4.90 Å². The number of piperidine rings is 1. The van der Waals surface area contributed by atoms with Gasteiger partial charge in [0.25, 0.3) is 0 Å². The van der Waals surface area contributed by atoms with Crippen molar-refractivity contribution in [2.24, 2.45) is 5.92 Å². The maximum absolute atomic E-state index is 11.6. The molecule has 1 atom stereocenters. The predicted molar refractivity (Wildman–Crippen MR) is 149 cm³/mol. The Morgan fingerprint density at radius 3 is 2.62 bits per heavy atom. The number of halogens is 1. The van der Waals surface area contributed by atoms with Gasteiger partial charge in [0.05, 0.1) is 13.2 Å². The number of fused-ring (bicyclic) bond motifs is 1. The van der Waals surface area contributed by atoms with E-state index in [-0.39, 0.29) is 11.8 Å². The number of hydrogen-bond acceptors (Lipinski definition) is 8. The van der Waals surface area contributed by atoms with Crippen LogP contribution in [0.25, 0.3) is 11.2 Å². The molecule has 0 radical (unpaired) electrons. The number of aromatic carboxylic acids is 1. The van der Waals surface area contributed by atoms with Crippen molar-refractivity contribution in [3.63, 3.8) is 0 Å². The second kappa shape index (κ2) is 11.9. The molecule has 2 aliphatic rings. The van der Waals surface area contributed by atoms with Crippen LogP contribution in [-0.2, 0) is 24.2 Å². The summed E-state index contributed by atoms with van der Waals surface area (Å²) in [4.78, 5) is 32.2. The lowest BCUT2D eigenvalue weighted by molar-refractivity contribution is 0.0690. The van der Waals surface area contributed by atoms with E-state index in [1.54, 1.807) is 12.3 Å². The first kappa shape index (κ1) is 26.6. The van der Waals surface area contributed by atoms with Gasteiger partial charge in [0.15, 0.2) is 11.3 Å². The summed E-state index contributed by atoms with van der Waals surface area (Å²) < 4.78 is 13.9. The molecule has 40 heavy (non-hydrogen) atoms. The minimum absolute atomic E-state index is 0.0295.